The molecule has 0 unspecified atom stereocenters. The van der Waals surface area contributed by atoms with Gasteiger partial charge in [0, 0.05) is 11.3 Å². The monoisotopic (exact) mass is 350 g/mol. The van der Waals surface area contributed by atoms with Crippen LogP contribution in [-0.4, -0.2) is 27.2 Å². The first-order valence-corrected chi connectivity index (χ1v) is 7.46. The van der Waals surface area contributed by atoms with E-state index < -0.39 is 0 Å². The number of amides is 1. The van der Waals surface area contributed by atoms with Gasteiger partial charge in [0.1, 0.15) is 0 Å². The molecule has 0 aliphatic carbocycles. The summed E-state index contributed by atoms with van der Waals surface area (Å²) in [6.45, 7) is 1.81. The van der Waals surface area contributed by atoms with Crippen molar-refractivity contribution in [3.63, 3.8) is 0 Å². The number of aryl methyl sites for hydroxylation is 1. The molecule has 0 aliphatic heterocycles. The zero-order valence-corrected chi connectivity index (χ0v) is 14.7. The number of nitrogens with one attached hydrogen (secondary N) is 1. The molecule has 0 heterocycles. The summed E-state index contributed by atoms with van der Waals surface area (Å²) in [7, 11) is 4.47. The highest BCUT2D eigenvalue weighted by Crippen LogP contribution is 2.38. The van der Waals surface area contributed by atoms with Gasteiger partial charge in [0.2, 0.25) is 5.75 Å². The maximum atomic E-state index is 12.6. The lowest BCUT2D eigenvalue weighted by molar-refractivity contribution is 0.102. The van der Waals surface area contributed by atoms with Gasteiger partial charge in [0.05, 0.1) is 32.0 Å². The SMILES string of the molecule is COc1cc(C(=O)Nc2c(C)cc(N)cc2Cl)cc(OC)c1OC. The van der Waals surface area contributed by atoms with E-state index in [0.717, 1.165) is 5.56 Å². The Morgan fingerprint density at radius 3 is 2.08 bits per heavy atom. The second-order valence-electron chi connectivity index (χ2n) is 5.06. The van der Waals surface area contributed by atoms with Crippen molar-refractivity contribution in [1.29, 1.82) is 0 Å². The minimum Gasteiger partial charge on any atom is -0.493 e. The Labute approximate surface area is 145 Å². The summed E-state index contributed by atoms with van der Waals surface area (Å²) in [5.74, 6) is 0.839. The summed E-state index contributed by atoms with van der Waals surface area (Å²) < 4.78 is 15.8. The van der Waals surface area contributed by atoms with E-state index in [9.17, 15) is 4.79 Å². The molecule has 128 valence electrons. The Bertz CT molecular complexity index is 729. The van der Waals surface area contributed by atoms with Gasteiger partial charge in [0.15, 0.2) is 11.5 Å². The summed E-state index contributed by atoms with van der Waals surface area (Å²) in [4.78, 5) is 12.6. The van der Waals surface area contributed by atoms with Crippen molar-refractivity contribution in [2.45, 2.75) is 6.92 Å². The summed E-state index contributed by atoms with van der Waals surface area (Å²) in [6, 6.07) is 6.45. The fourth-order valence-corrected chi connectivity index (χ4v) is 2.65. The Morgan fingerprint density at radius 2 is 1.62 bits per heavy atom. The lowest BCUT2D eigenvalue weighted by Gasteiger charge is -2.15. The van der Waals surface area contributed by atoms with Gasteiger partial charge >= 0.3 is 0 Å². The van der Waals surface area contributed by atoms with E-state index in [4.69, 9.17) is 31.5 Å². The molecule has 0 bridgehead atoms. The molecule has 0 aromatic heterocycles. The van der Waals surface area contributed by atoms with E-state index >= 15 is 0 Å². The maximum Gasteiger partial charge on any atom is 0.255 e. The molecule has 0 saturated carbocycles. The average Bonchev–Trinajstić information content (AvgIpc) is 2.56. The van der Waals surface area contributed by atoms with Crippen LogP contribution in [0.25, 0.3) is 0 Å². The van der Waals surface area contributed by atoms with Crippen LogP contribution in [0.1, 0.15) is 15.9 Å². The Balaban J connectivity index is 2.40. The molecule has 1 amide bonds. The fraction of sp³-hybridized carbons (Fsp3) is 0.235. The Kier molecular flexibility index (Phi) is 5.41. The number of anilines is 2. The first-order chi connectivity index (χ1) is 11.4. The molecule has 0 fully saturated rings. The Hall–Kier alpha value is -2.60. The summed E-state index contributed by atoms with van der Waals surface area (Å²) in [6.07, 6.45) is 0. The molecule has 0 saturated heterocycles. The number of hydrogen-bond acceptors (Lipinski definition) is 5. The number of carbonyl (C=O) groups is 1. The highest BCUT2D eigenvalue weighted by Gasteiger charge is 2.18. The number of carbonyl (C=O) groups excluding carboxylic acids is 1. The summed E-state index contributed by atoms with van der Waals surface area (Å²) >= 11 is 6.17. The smallest absolute Gasteiger partial charge is 0.255 e. The fourth-order valence-electron chi connectivity index (χ4n) is 2.33. The maximum absolute atomic E-state index is 12.6. The normalized spacial score (nSPS) is 10.2. The molecule has 2 rings (SSSR count). The van der Waals surface area contributed by atoms with E-state index in [-0.39, 0.29) is 5.91 Å². The van der Waals surface area contributed by atoms with Crippen molar-refractivity contribution >= 4 is 28.9 Å². The number of nitrogen functional groups attached to an aromatic ring is 1. The van der Waals surface area contributed by atoms with E-state index in [2.05, 4.69) is 5.32 Å². The lowest BCUT2D eigenvalue weighted by atomic mass is 10.1. The van der Waals surface area contributed by atoms with Crippen LogP contribution in [-0.2, 0) is 0 Å². The lowest BCUT2D eigenvalue weighted by Crippen LogP contribution is -2.14. The quantitative estimate of drug-likeness (QED) is 0.806. The molecule has 0 spiro atoms. The molecule has 7 heteroatoms. The van der Waals surface area contributed by atoms with Gasteiger partial charge in [-0.1, -0.05) is 11.6 Å². The third kappa shape index (κ3) is 3.49. The first-order valence-electron chi connectivity index (χ1n) is 7.08. The zero-order valence-electron chi connectivity index (χ0n) is 13.9. The molecule has 3 N–H and O–H groups in total. The minimum absolute atomic E-state index is 0.344. The molecule has 24 heavy (non-hydrogen) atoms. The van der Waals surface area contributed by atoms with Crippen LogP contribution in [0.15, 0.2) is 24.3 Å². The van der Waals surface area contributed by atoms with Crippen molar-refractivity contribution in [3.8, 4) is 17.2 Å². The highest BCUT2D eigenvalue weighted by molar-refractivity contribution is 6.34. The van der Waals surface area contributed by atoms with Gasteiger partial charge in [-0.05, 0) is 36.8 Å². The number of nitrogens with two attached hydrogens (primary N) is 1. The summed E-state index contributed by atoms with van der Waals surface area (Å²) in [5, 5.41) is 3.15. The second-order valence-corrected chi connectivity index (χ2v) is 5.47. The predicted molar refractivity (Wildman–Crippen MR) is 94.7 cm³/mol. The van der Waals surface area contributed by atoms with Crippen LogP contribution >= 0.6 is 11.6 Å². The van der Waals surface area contributed by atoms with Crippen molar-refractivity contribution < 1.29 is 19.0 Å². The third-order valence-electron chi connectivity index (χ3n) is 3.48. The van der Waals surface area contributed by atoms with Crippen molar-refractivity contribution in [1.82, 2.24) is 0 Å². The van der Waals surface area contributed by atoms with Crippen LogP contribution in [0, 0.1) is 6.92 Å². The van der Waals surface area contributed by atoms with Crippen LogP contribution in [0.3, 0.4) is 0 Å². The number of methoxy groups -OCH3 is 3. The standard InChI is InChI=1S/C17H19ClN2O4/c1-9-5-11(19)8-12(18)15(9)20-17(21)10-6-13(22-2)16(24-4)14(7-10)23-3/h5-8H,19H2,1-4H3,(H,20,21). The molecule has 2 aromatic carbocycles. The molecule has 0 aliphatic rings. The Morgan fingerprint density at radius 1 is 1.04 bits per heavy atom. The van der Waals surface area contributed by atoms with Crippen molar-refractivity contribution in [2.24, 2.45) is 0 Å². The molecular formula is C17H19ClN2O4. The number of benzene rings is 2. The topological polar surface area (TPSA) is 82.8 Å². The minimum atomic E-state index is -0.357. The third-order valence-corrected chi connectivity index (χ3v) is 3.77. The predicted octanol–water partition coefficient (Wildman–Crippen LogP) is 3.51. The van der Waals surface area contributed by atoms with E-state index in [1.807, 2.05) is 6.92 Å². The van der Waals surface area contributed by atoms with E-state index in [1.165, 1.54) is 21.3 Å². The largest absolute Gasteiger partial charge is 0.493 e. The average molecular weight is 351 g/mol. The van der Waals surface area contributed by atoms with Gasteiger partial charge in [-0.2, -0.15) is 0 Å². The van der Waals surface area contributed by atoms with E-state index in [0.29, 0.717) is 39.2 Å². The number of ether oxygens (including phenoxy) is 3. The number of rotatable bonds is 5. The molecular weight excluding hydrogens is 332 g/mol. The molecule has 6 nitrogen and oxygen atoms in total. The molecule has 0 atom stereocenters. The van der Waals surface area contributed by atoms with Crippen LogP contribution < -0.4 is 25.3 Å². The highest BCUT2D eigenvalue weighted by atomic mass is 35.5. The van der Waals surface area contributed by atoms with Crippen LogP contribution in [0.4, 0.5) is 11.4 Å². The van der Waals surface area contributed by atoms with Crippen molar-refractivity contribution in [2.75, 3.05) is 32.4 Å². The summed E-state index contributed by atoms with van der Waals surface area (Å²) in [5.41, 5.74) is 7.88. The van der Waals surface area contributed by atoms with Gasteiger partial charge in [-0.3, -0.25) is 4.79 Å². The molecule has 2 aromatic rings. The van der Waals surface area contributed by atoms with Gasteiger partial charge in [-0.15, -0.1) is 0 Å². The molecule has 0 radical (unpaired) electrons. The number of hydrogen-bond donors (Lipinski definition) is 2. The van der Waals surface area contributed by atoms with E-state index in [1.54, 1.807) is 24.3 Å². The second kappa shape index (κ2) is 7.31. The van der Waals surface area contributed by atoms with Crippen LogP contribution in [0.2, 0.25) is 5.02 Å². The van der Waals surface area contributed by atoms with Gasteiger partial charge in [-0.25, -0.2) is 0 Å². The first kappa shape index (κ1) is 17.7. The van der Waals surface area contributed by atoms with Gasteiger partial charge < -0.3 is 25.3 Å². The zero-order chi connectivity index (χ0) is 17.9. The van der Waals surface area contributed by atoms with Gasteiger partial charge in [0.25, 0.3) is 5.91 Å². The number of halogens is 1. The van der Waals surface area contributed by atoms with Crippen molar-refractivity contribution in [3.05, 3.63) is 40.4 Å². The van der Waals surface area contributed by atoms with Crippen LogP contribution in [0.5, 0.6) is 17.2 Å².